The van der Waals surface area contributed by atoms with Crippen LogP contribution in [0.1, 0.15) is 23.7 Å². The number of hydrogen-bond acceptors (Lipinski definition) is 4. The SMILES string of the molecule is C=Cc1cc(NCc2ccc(OC)c(OCC)c2)nc(C(F)(F)F)c1. The number of aromatic nitrogens is 1. The summed E-state index contributed by atoms with van der Waals surface area (Å²) >= 11 is 0. The Hall–Kier alpha value is -2.70. The second kappa shape index (κ2) is 7.92. The van der Waals surface area contributed by atoms with Crippen LogP contribution in [0.5, 0.6) is 11.5 Å². The molecule has 1 aromatic carbocycles. The highest BCUT2D eigenvalue weighted by atomic mass is 19.4. The molecule has 0 saturated carbocycles. The van der Waals surface area contributed by atoms with Gasteiger partial charge >= 0.3 is 6.18 Å². The Balaban J connectivity index is 2.21. The molecule has 1 aromatic heterocycles. The first kappa shape index (κ1) is 18.6. The first-order valence-corrected chi connectivity index (χ1v) is 7.62. The molecule has 134 valence electrons. The minimum absolute atomic E-state index is 0.124. The van der Waals surface area contributed by atoms with E-state index in [9.17, 15) is 13.2 Å². The molecule has 0 fully saturated rings. The number of methoxy groups -OCH3 is 1. The number of nitrogens with one attached hydrogen (secondary N) is 1. The van der Waals surface area contributed by atoms with Crippen LogP contribution in [-0.2, 0) is 12.7 Å². The molecule has 0 aliphatic rings. The summed E-state index contributed by atoms with van der Waals surface area (Å²) in [4.78, 5) is 3.62. The molecule has 1 heterocycles. The molecule has 0 amide bonds. The molecule has 0 saturated heterocycles. The Morgan fingerprint density at radius 3 is 2.56 bits per heavy atom. The van der Waals surface area contributed by atoms with Crippen LogP contribution in [0.3, 0.4) is 0 Å². The summed E-state index contributed by atoms with van der Waals surface area (Å²) in [6.07, 6.45) is -3.17. The van der Waals surface area contributed by atoms with Crippen molar-refractivity contribution in [2.75, 3.05) is 19.0 Å². The molecule has 0 aliphatic carbocycles. The molecule has 0 atom stereocenters. The van der Waals surface area contributed by atoms with Gasteiger partial charge in [0.2, 0.25) is 0 Å². The van der Waals surface area contributed by atoms with E-state index in [1.807, 2.05) is 6.92 Å². The maximum atomic E-state index is 12.9. The zero-order valence-electron chi connectivity index (χ0n) is 14.0. The van der Waals surface area contributed by atoms with Gasteiger partial charge in [-0.2, -0.15) is 13.2 Å². The number of nitrogens with zero attached hydrogens (tertiary/aromatic N) is 1. The Morgan fingerprint density at radius 1 is 1.20 bits per heavy atom. The number of rotatable bonds is 7. The fourth-order valence-corrected chi connectivity index (χ4v) is 2.20. The average Bonchev–Trinajstić information content (AvgIpc) is 2.59. The lowest BCUT2D eigenvalue weighted by Crippen LogP contribution is -2.11. The van der Waals surface area contributed by atoms with E-state index in [1.54, 1.807) is 25.3 Å². The normalized spacial score (nSPS) is 11.1. The van der Waals surface area contributed by atoms with Crippen molar-refractivity contribution >= 4 is 11.9 Å². The van der Waals surface area contributed by atoms with Crippen LogP contribution in [0, 0.1) is 0 Å². The number of alkyl halides is 3. The molecule has 0 radical (unpaired) electrons. The van der Waals surface area contributed by atoms with Crippen molar-refractivity contribution in [1.82, 2.24) is 4.98 Å². The number of anilines is 1. The fraction of sp³-hybridized carbons (Fsp3) is 0.278. The first-order valence-electron chi connectivity index (χ1n) is 7.62. The number of hydrogen-bond donors (Lipinski definition) is 1. The quantitative estimate of drug-likeness (QED) is 0.780. The molecule has 4 nitrogen and oxygen atoms in total. The summed E-state index contributed by atoms with van der Waals surface area (Å²) in [7, 11) is 1.54. The highest BCUT2D eigenvalue weighted by molar-refractivity contribution is 5.54. The Kier molecular flexibility index (Phi) is 5.90. The van der Waals surface area contributed by atoms with Gasteiger partial charge in [-0.05, 0) is 42.3 Å². The molecule has 1 N–H and O–H groups in total. The zero-order valence-corrected chi connectivity index (χ0v) is 14.0. The minimum atomic E-state index is -4.52. The zero-order chi connectivity index (χ0) is 18.4. The maximum absolute atomic E-state index is 12.9. The highest BCUT2D eigenvalue weighted by Crippen LogP contribution is 2.31. The lowest BCUT2D eigenvalue weighted by Gasteiger charge is -2.13. The molecule has 0 unspecified atom stereocenters. The highest BCUT2D eigenvalue weighted by Gasteiger charge is 2.33. The Bertz CT molecular complexity index is 746. The average molecular weight is 352 g/mol. The summed E-state index contributed by atoms with van der Waals surface area (Å²) in [5.41, 5.74) is 0.204. The summed E-state index contributed by atoms with van der Waals surface area (Å²) < 4.78 is 49.4. The van der Waals surface area contributed by atoms with Crippen LogP contribution >= 0.6 is 0 Å². The monoisotopic (exact) mass is 352 g/mol. The first-order chi connectivity index (χ1) is 11.9. The van der Waals surface area contributed by atoms with Gasteiger partial charge in [0.05, 0.1) is 13.7 Å². The second-order valence-electron chi connectivity index (χ2n) is 5.14. The van der Waals surface area contributed by atoms with Crippen molar-refractivity contribution in [3.8, 4) is 11.5 Å². The number of halogens is 3. The standard InChI is InChI=1S/C18H19F3N2O2/c1-4-12-9-16(18(19,20)21)23-17(10-12)22-11-13-6-7-14(24-3)15(8-13)25-5-2/h4,6-10H,1,5,11H2,2-3H3,(H,22,23). The third-order valence-corrected chi connectivity index (χ3v) is 3.38. The van der Waals surface area contributed by atoms with E-state index in [2.05, 4.69) is 16.9 Å². The van der Waals surface area contributed by atoms with Crippen LogP contribution in [0.15, 0.2) is 36.9 Å². The third kappa shape index (κ3) is 4.89. The summed E-state index contributed by atoms with van der Waals surface area (Å²) in [5, 5.41) is 2.90. The van der Waals surface area contributed by atoms with Gasteiger partial charge in [-0.1, -0.05) is 18.7 Å². The summed E-state index contributed by atoms with van der Waals surface area (Å²) in [6, 6.07) is 7.79. The third-order valence-electron chi connectivity index (χ3n) is 3.38. The minimum Gasteiger partial charge on any atom is -0.493 e. The van der Waals surface area contributed by atoms with Crippen LogP contribution in [0.2, 0.25) is 0 Å². The van der Waals surface area contributed by atoms with E-state index >= 15 is 0 Å². The molecule has 25 heavy (non-hydrogen) atoms. The fourth-order valence-electron chi connectivity index (χ4n) is 2.20. The van der Waals surface area contributed by atoms with Gasteiger partial charge in [0.1, 0.15) is 11.5 Å². The predicted molar refractivity (Wildman–Crippen MR) is 90.8 cm³/mol. The van der Waals surface area contributed by atoms with Crippen LogP contribution in [0.25, 0.3) is 6.08 Å². The lowest BCUT2D eigenvalue weighted by atomic mass is 10.2. The lowest BCUT2D eigenvalue weighted by molar-refractivity contribution is -0.141. The topological polar surface area (TPSA) is 43.4 Å². The number of ether oxygens (including phenoxy) is 2. The van der Waals surface area contributed by atoms with Gasteiger partial charge in [-0.3, -0.25) is 0 Å². The van der Waals surface area contributed by atoms with Gasteiger partial charge in [-0.25, -0.2) is 4.98 Å². The van der Waals surface area contributed by atoms with Gasteiger partial charge in [0, 0.05) is 6.54 Å². The van der Waals surface area contributed by atoms with Crippen molar-refractivity contribution in [1.29, 1.82) is 0 Å². The van der Waals surface area contributed by atoms with Crippen molar-refractivity contribution in [2.24, 2.45) is 0 Å². The molecule has 2 aromatic rings. The Morgan fingerprint density at radius 2 is 1.96 bits per heavy atom. The van der Waals surface area contributed by atoms with Gasteiger partial charge < -0.3 is 14.8 Å². The van der Waals surface area contributed by atoms with Crippen LogP contribution < -0.4 is 14.8 Å². The van der Waals surface area contributed by atoms with E-state index in [4.69, 9.17) is 9.47 Å². The van der Waals surface area contributed by atoms with Gasteiger partial charge in [-0.15, -0.1) is 0 Å². The van der Waals surface area contributed by atoms with Gasteiger partial charge in [0.15, 0.2) is 11.5 Å². The molecule has 0 bridgehead atoms. The number of pyridine rings is 1. The van der Waals surface area contributed by atoms with Crippen molar-refractivity contribution < 1.29 is 22.6 Å². The maximum Gasteiger partial charge on any atom is 0.433 e. The molecule has 2 rings (SSSR count). The Labute approximate surface area is 144 Å². The van der Waals surface area contributed by atoms with Crippen molar-refractivity contribution in [2.45, 2.75) is 19.6 Å². The largest absolute Gasteiger partial charge is 0.493 e. The van der Waals surface area contributed by atoms with E-state index in [-0.39, 0.29) is 12.4 Å². The van der Waals surface area contributed by atoms with E-state index in [1.165, 1.54) is 12.1 Å². The molecule has 0 spiro atoms. The van der Waals surface area contributed by atoms with Crippen LogP contribution in [0.4, 0.5) is 19.0 Å². The predicted octanol–water partition coefficient (Wildman–Crippen LogP) is 4.76. The molecule has 0 aliphatic heterocycles. The molecular formula is C18H19F3N2O2. The number of benzene rings is 1. The van der Waals surface area contributed by atoms with E-state index < -0.39 is 11.9 Å². The second-order valence-corrected chi connectivity index (χ2v) is 5.14. The van der Waals surface area contributed by atoms with E-state index in [0.717, 1.165) is 11.6 Å². The summed E-state index contributed by atoms with van der Waals surface area (Å²) in [6.45, 7) is 6.13. The molecular weight excluding hydrogens is 333 g/mol. The van der Waals surface area contributed by atoms with E-state index in [0.29, 0.717) is 23.7 Å². The smallest absolute Gasteiger partial charge is 0.433 e. The molecule has 7 heteroatoms. The van der Waals surface area contributed by atoms with Crippen LogP contribution in [-0.4, -0.2) is 18.7 Å². The van der Waals surface area contributed by atoms with Gasteiger partial charge in [0.25, 0.3) is 0 Å². The van der Waals surface area contributed by atoms with Crippen molar-refractivity contribution in [3.05, 3.63) is 53.7 Å². The van der Waals surface area contributed by atoms with Crippen molar-refractivity contribution in [3.63, 3.8) is 0 Å². The summed E-state index contributed by atoms with van der Waals surface area (Å²) in [5.74, 6) is 1.29.